The van der Waals surface area contributed by atoms with Gasteiger partial charge in [-0.05, 0) is 24.0 Å². The molecule has 2 amide bonds. The molecule has 1 aliphatic carbocycles. The van der Waals surface area contributed by atoms with Crippen LogP contribution in [0.5, 0.6) is 0 Å². The Balaban J connectivity index is 1.90. The highest BCUT2D eigenvalue weighted by Gasteiger charge is 2.31. The number of carboxylic acid groups (broad SMARTS) is 1. The third-order valence-electron chi connectivity index (χ3n) is 4.74. The zero-order valence-electron chi connectivity index (χ0n) is 16.2. The molecule has 7 heteroatoms. The van der Waals surface area contributed by atoms with Gasteiger partial charge >= 0.3 is 5.97 Å². The van der Waals surface area contributed by atoms with Crippen LogP contribution in [0.15, 0.2) is 42.5 Å². The Morgan fingerprint density at radius 1 is 0.966 bits per heavy atom. The van der Waals surface area contributed by atoms with Crippen molar-refractivity contribution in [2.24, 2.45) is 5.92 Å². The SMILES string of the molecule is CC(C)C[C@H](NC(=O)c1cccc2c1-c1ccccc1C2=O)C(=O)NCC(=O)O. The maximum atomic E-state index is 13.0. The fraction of sp³-hybridized carbons (Fsp3) is 0.273. The molecule has 0 radical (unpaired) electrons. The van der Waals surface area contributed by atoms with Crippen LogP contribution in [0, 0.1) is 5.92 Å². The van der Waals surface area contributed by atoms with Crippen LogP contribution in [0.4, 0.5) is 0 Å². The maximum Gasteiger partial charge on any atom is 0.322 e. The molecule has 0 saturated heterocycles. The lowest BCUT2D eigenvalue weighted by atomic mass is 9.97. The molecular weight excluding hydrogens is 372 g/mol. The summed E-state index contributed by atoms with van der Waals surface area (Å²) in [6.07, 6.45) is 0.349. The summed E-state index contributed by atoms with van der Waals surface area (Å²) in [5.41, 5.74) is 2.55. The molecule has 3 rings (SSSR count). The Kier molecular flexibility index (Phi) is 5.77. The van der Waals surface area contributed by atoms with Crippen LogP contribution in [-0.2, 0) is 9.59 Å². The van der Waals surface area contributed by atoms with Gasteiger partial charge in [0.05, 0.1) is 0 Å². The predicted molar refractivity (Wildman–Crippen MR) is 107 cm³/mol. The molecule has 0 saturated carbocycles. The second-order valence-electron chi connectivity index (χ2n) is 7.37. The second kappa shape index (κ2) is 8.26. The molecule has 0 aliphatic heterocycles. The summed E-state index contributed by atoms with van der Waals surface area (Å²) >= 11 is 0. The standard InChI is InChI=1S/C22H22N2O5/c1-12(2)10-17(22(29)23-11-18(25)26)24-21(28)16-9-5-8-15-19(16)13-6-3-4-7-14(13)20(15)27/h3-9,12,17H,10-11H2,1-2H3,(H,23,29)(H,24,28)(H,25,26)/t17-/m0/s1. The summed E-state index contributed by atoms with van der Waals surface area (Å²) in [5, 5.41) is 13.8. The molecule has 0 spiro atoms. The van der Waals surface area contributed by atoms with Gasteiger partial charge in [0.2, 0.25) is 5.91 Å². The first kappa shape index (κ1) is 20.3. The van der Waals surface area contributed by atoms with Gasteiger partial charge in [0.1, 0.15) is 12.6 Å². The van der Waals surface area contributed by atoms with Crippen LogP contribution in [0.1, 0.15) is 46.5 Å². The Morgan fingerprint density at radius 3 is 2.28 bits per heavy atom. The number of nitrogens with one attached hydrogen (secondary N) is 2. The molecule has 0 heterocycles. The quantitative estimate of drug-likeness (QED) is 0.569. The first-order valence-corrected chi connectivity index (χ1v) is 9.37. The highest BCUT2D eigenvalue weighted by atomic mass is 16.4. The number of fused-ring (bicyclic) bond motifs is 3. The molecule has 150 valence electrons. The van der Waals surface area contributed by atoms with E-state index in [1.807, 2.05) is 13.8 Å². The van der Waals surface area contributed by atoms with Gasteiger partial charge in [-0.1, -0.05) is 50.2 Å². The number of hydrogen-bond acceptors (Lipinski definition) is 4. The van der Waals surface area contributed by atoms with E-state index in [2.05, 4.69) is 10.6 Å². The van der Waals surface area contributed by atoms with Gasteiger partial charge in [0, 0.05) is 22.3 Å². The van der Waals surface area contributed by atoms with Crippen LogP contribution in [0.3, 0.4) is 0 Å². The Bertz CT molecular complexity index is 996. The average Bonchev–Trinajstić information content (AvgIpc) is 2.98. The molecule has 3 N–H and O–H groups in total. The van der Waals surface area contributed by atoms with Gasteiger partial charge in [0.25, 0.3) is 5.91 Å². The molecule has 1 atom stereocenters. The number of carboxylic acids is 1. The smallest absolute Gasteiger partial charge is 0.322 e. The van der Waals surface area contributed by atoms with E-state index in [0.29, 0.717) is 34.2 Å². The van der Waals surface area contributed by atoms with E-state index in [1.54, 1.807) is 42.5 Å². The van der Waals surface area contributed by atoms with E-state index in [9.17, 15) is 19.2 Å². The normalized spacial score (nSPS) is 12.9. The van der Waals surface area contributed by atoms with Gasteiger partial charge in [-0.3, -0.25) is 19.2 Å². The minimum atomic E-state index is -1.16. The van der Waals surface area contributed by atoms with E-state index in [-0.39, 0.29) is 11.7 Å². The van der Waals surface area contributed by atoms with E-state index in [0.717, 1.165) is 0 Å². The number of benzene rings is 2. The van der Waals surface area contributed by atoms with Crippen LogP contribution in [0.25, 0.3) is 11.1 Å². The van der Waals surface area contributed by atoms with Gasteiger partial charge in [-0.2, -0.15) is 0 Å². The Hall–Kier alpha value is -3.48. The third-order valence-corrected chi connectivity index (χ3v) is 4.74. The number of amides is 2. The van der Waals surface area contributed by atoms with Crippen LogP contribution < -0.4 is 10.6 Å². The largest absolute Gasteiger partial charge is 0.480 e. The average molecular weight is 394 g/mol. The lowest BCUT2D eigenvalue weighted by Crippen LogP contribution is -2.48. The lowest BCUT2D eigenvalue weighted by molar-refractivity contribution is -0.138. The third kappa shape index (κ3) is 4.18. The summed E-state index contributed by atoms with van der Waals surface area (Å²) < 4.78 is 0. The number of rotatable bonds is 7. The maximum absolute atomic E-state index is 13.0. The first-order chi connectivity index (χ1) is 13.8. The number of carbonyl (C=O) groups is 4. The number of carbonyl (C=O) groups excluding carboxylic acids is 3. The summed E-state index contributed by atoms with van der Waals surface area (Å²) in [7, 11) is 0. The molecule has 0 aromatic heterocycles. The second-order valence-corrected chi connectivity index (χ2v) is 7.37. The Labute approximate surface area is 168 Å². The molecular formula is C22H22N2O5. The van der Waals surface area contributed by atoms with Crippen molar-refractivity contribution in [3.05, 3.63) is 59.2 Å². The zero-order chi connectivity index (χ0) is 21.1. The van der Waals surface area contributed by atoms with Crippen molar-refractivity contribution in [3.8, 4) is 11.1 Å². The number of hydrogen-bond donors (Lipinski definition) is 3. The molecule has 1 aliphatic rings. The lowest BCUT2D eigenvalue weighted by Gasteiger charge is -2.20. The fourth-order valence-corrected chi connectivity index (χ4v) is 3.49. The van der Waals surface area contributed by atoms with E-state index in [4.69, 9.17) is 5.11 Å². The minimum absolute atomic E-state index is 0.0969. The molecule has 0 unspecified atom stereocenters. The fourth-order valence-electron chi connectivity index (χ4n) is 3.49. The molecule has 29 heavy (non-hydrogen) atoms. The monoisotopic (exact) mass is 394 g/mol. The van der Waals surface area contributed by atoms with Crippen molar-refractivity contribution in [1.82, 2.24) is 10.6 Å². The van der Waals surface area contributed by atoms with E-state index < -0.39 is 30.4 Å². The van der Waals surface area contributed by atoms with Crippen molar-refractivity contribution in [2.75, 3.05) is 6.54 Å². The first-order valence-electron chi connectivity index (χ1n) is 9.37. The van der Waals surface area contributed by atoms with Crippen molar-refractivity contribution in [3.63, 3.8) is 0 Å². The summed E-state index contributed by atoms with van der Waals surface area (Å²) in [6.45, 7) is 3.28. The van der Waals surface area contributed by atoms with Crippen molar-refractivity contribution in [1.29, 1.82) is 0 Å². The van der Waals surface area contributed by atoms with Crippen LogP contribution in [-0.4, -0.2) is 41.3 Å². The van der Waals surface area contributed by atoms with Gasteiger partial charge < -0.3 is 15.7 Å². The highest BCUT2D eigenvalue weighted by Crippen LogP contribution is 2.38. The minimum Gasteiger partial charge on any atom is -0.480 e. The number of aliphatic carboxylic acids is 1. The predicted octanol–water partition coefficient (Wildman–Crippen LogP) is 2.24. The summed E-state index contributed by atoms with van der Waals surface area (Å²) in [4.78, 5) is 48.8. The van der Waals surface area contributed by atoms with E-state index >= 15 is 0 Å². The highest BCUT2D eigenvalue weighted by molar-refractivity contribution is 6.24. The van der Waals surface area contributed by atoms with Gasteiger partial charge in [0.15, 0.2) is 5.78 Å². The van der Waals surface area contributed by atoms with Crippen molar-refractivity contribution >= 4 is 23.6 Å². The summed E-state index contributed by atoms with van der Waals surface area (Å²) in [6, 6.07) is 11.1. The van der Waals surface area contributed by atoms with E-state index in [1.165, 1.54) is 0 Å². The molecule has 0 fully saturated rings. The molecule has 0 bridgehead atoms. The molecule has 2 aromatic carbocycles. The Morgan fingerprint density at radius 2 is 1.62 bits per heavy atom. The van der Waals surface area contributed by atoms with Crippen molar-refractivity contribution in [2.45, 2.75) is 26.3 Å². The molecule has 2 aromatic rings. The zero-order valence-corrected chi connectivity index (χ0v) is 16.2. The topological polar surface area (TPSA) is 113 Å². The van der Waals surface area contributed by atoms with Gasteiger partial charge in [-0.15, -0.1) is 0 Å². The van der Waals surface area contributed by atoms with Crippen LogP contribution in [0.2, 0.25) is 0 Å². The number of ketones is 1. The molecule has 7 nitrogen and oxygen atoms in total. The summed E-state index contributed by atoms with van der Waals surface area (Å²) in [5.74, 6) is -2.24. The van der Waals surface area contributed by atoms with Gasteiger partial charge in [-0.25, -0.2) is 0 Å². The van der Waals surface area contributed by atoms with Crippen molar-refractivity contribution < 1.29 is 24.3 Å². The van der Waals surface area contributed by atoms with Crippen LogP contribution >= 0.6 is 0 Å².